The SMILES string of the molecule is CN(CC(=O)N1CCN([C@@H]2CCC[C@H]2O)CC1)c1ccc(C#N)cn1. The minimum atomic E-state index is -0.212. The summed E-state index contributed by atoms with van der Waals surface area (Å²) in [5.41, 5.74) is 0.508. The number of carbonyl (C=O) groups is 1. The van der Waals surface area contributed by atoms with Crippen molar-refractivity contribution in [2.75, 3.05) is 44.7 Å². The Morgan fingerprint density at radius 2 is 2.12 bits per heavy atom. The molecule has 2 heterocycles. The van der Waals surface area contributed by atoms with Gasteiger partial charge in [-0.05, 0) is 31.4 Å². The fourth-order valence-corrected chi connectivity index (χ4v) is 3.71. The average molecular weight is 343 g/mol. The lowest BCUT2D eigenvalue weighted by Gasteiger charge is -2.39. The maximum Gasteiger partial charge on any atom is 0.242 e. The molecule has 1 N–H and O–H groups in total. The second-order valence-corrected chi connectivity index (χ2v) is 6.86. The van der Waals surface area contributed by atoms with E-state index in [4.69, 9.17) is 5.26 Å². The summed E-state index contributed by atoms with van der Waals surface area (Å²) < 4.78 is 0. The van der Waals surface area contributed by atoms with Crippen molar-refractivity contribution < 1.29 is 9.90 Å². The van der Waals surface area contributed by atoms with Crippen molar-refractivity contribution in [3.05, 3.63) is 23.9 Å². The van der Waals surface area contributed by atoms with Gasteiger partial charge in [-0.15, -0.1) is 0 Å². The first-order chi connectivity index (χ1) is 12.1. The number of hydrogen-bond acceptors (Lipinski definition) is 6. The highest BCUT2D eigenvalue weighted by molar-refractivity contribution is 5.81. The number of pyridine rings is 1. The van der Waals surface area contributed by atoms with E-state index in [2.05, 4.69) is 9.88 Å². The van der Waals surface area contributed by atoms with Crippen molar-refractivity contribution in [3.63, 3.8) is 0 Å². The summed E-state index contributed by atoms with van der Waals surface area (Å²) in [5, 5.41) is 18.9. The quantitative estimate of drug-likeness (QED) is 0.854. The Hall–Kier alpha value is -2.17. The molecule has 3 rings (SSSR count). The molecular weight excluding hydrogens is 318 g/mol. The molecule has 0 unspecified atom stereocenters. The number of nitrogens with zero attached hydrogens (tertiary/aromatic N) is 5. The lowest BCUT2D eigenvalue weighted by molar-refractivity contribution is -0.132. The summed E-state index contributed by atoms with van der Waals surface area (Å²) in [6.07, 6.45) is 4.35. The zero-order valence-electron chi connectivity index (χ0n) is 14.6. The minimum Gasteiger partial charge on any atom is -0.391 e. The lowest BCUT2D eigenvalue weighted by atomic mass is 10.1. The molecule has 1 aromatic rings. The number of piperazine rings is 1. The smallest absolute Gasteiger partial charge is 0.242 e. The van der Waals surface area contributed by atoms with Gasteiger partial charge in [0, 0.05) is 45.5 Å². The van der Waals surface area contributed by atoms with Crippen LogP contribution in [0.5, 0.6) is 0 Å². The van der Waals surface area contributed by atoms with Crippen LogP contribution in [0.2, 0.25) is 0 Å². The van der Waals surface area contributed by atoms with Crippen molar-refractivity contribution in [2.24, 2.45) is 0 Å². The van der Waals surface area contributed by atoms with Crippen LogP contribution in [-0.4, -0.2) is 77.7 Å². The molecule has 1 aliphatic heterocycles. The number of anilines is 1. The van der Waals surface area contributed by atoms with Gasteiger partial charge in [-0.2, -0.15) is 5.26 Å². The fraction of sp³-hybridized carbons (Fsp3) is 0.611. The molecule has 0 radical (unpaired) electrons. The Morgan fingerprint density at radius 1 is 1.36 bits per heavy atom. The van der Waals surface area contributed by atoms with E-state index in [-0.39, 0.29) is 24.6 Å². The van der Waals surface area contributed by atoms with Crippen molar-refractivity contribution in [1.29, 1.82) is 5.26 Å². The number of hydrogen-bond donors (Lipinski definition) is 1. The van der Waals surface area contributed by atoms with Crippen molar-refractivity contribution in [3.8, 4) is 6.07 Å². The van der Waals surface area contributed by atoms with Gasteiger partial charge in [-0.1, -0.05) is 0 Å². The Bertz CT molecular complexity index is 634. The molecule has 0 bridgehead atoms. The van der Waals surface area contributed by atoms with E-state index < -0.39 is 0 Å². The third kappa shape index (κ3) is 4.09. The van der Waals surface area contributed by atoms with Crippen molar-refractivity contribution in [2.45, 2.75) is 31.4 Å². The van der Waals surface area contributed by atoms with Crippen molar-refractivity contribution in [1.82, 2.24) is 14.8 Å². The van der Waals surface area contributed by atoms with Crippen LogP contribution < -0.4 is 4.90 Å². The highest BCUT2D eigenvalue weighted by Crippen LogP contribution is 2.25. The van der Waals surface area contributed by atoms with Crippen LogP contribution in [0.15, 0.2) is 18.3 Å². The largest absolute Gasteiger partial charge is 0.391 e. The molecular formula is C18H25N5O2. The molecule has 2 atom stereocenters. The number of likely N-dealkylation sites (N-methyl/N-ethyl adjacent to an activating group) is 1. The highest BCUT2D eigenvalue weighted by Gasteiger charge is 2.33. The highest BCUT2D eigenvalue weighted by atomic mass is 16.3. The molecule has 1 saturated heterocycles. The van der Waals surface area contributed by atoms with Crippen LogP contribution >= 0.6 is 0 Å². The maximum absolute atomic E-state index is 12.5. The van der Waals surface area contributed by atoms with Gasteiger partial charge in [0.25, 0.3) is 0 Å². The van der Waals surface area contributed by atoms with Gasteiger partial charge in [0.2, 0.25) is 5.91 Å². The number of carbonyl (C=O) groups excluding carboxylic acids is 1. The lowest BCUT2D eigenvalue weighted by Crippen LogP contribution is -2.54. The van der Waals surface area contributed by atoms with Gasteiger partial charge in [-0.3, -0.25) is 9.69 Å². The van der Waals surface area contributed by atoms with E-state index in [0.29, 0.717) is 24.5 Å². The monoisotopic (exact) mass is 343 g/mol. The normalized spacial score (nSPS) is 24.1. The number of aliphatic hydroxyl groups excluding tert-OH is 1. The van der Waals surface area contributed by atoms with Gasteiger partial charge in [-0.25, -0.2) is 4.98 Å². The number of aliphatic hydroxyl groups is 1. The fourth-order valence-electron chi connectivity index (χ4n) is 3.71. The van der Waals surface area contributed by atoms with Gasteiger partial charge >= 0.3 is 0 Å². The average Bonchev–Trinajstić information content (AvgIpc) is 3.07. The Morgan fingerprint density at radius 3 is 2.68 bits per heavy atom. The van der Waals surface area contributed by atoms with E-state index >= 15 is 0 Å². The standard InChI is InChI=1S/C18H25N5O2/c1-21(17-6-5-14(11-19)12-20-17)13-18(25)23-9-7-22(8-10-23)15-3-2-4-16(15)24/h5-6,12,15-16,24H,2-4,7-10,13H2,1H3/t15-,16-/m1/s1. The van der Waals surface area contributed by atoms with Gasteiger partial charge in [0.1, 0.15) is 11.9 Å². The maximum atomic E-state index is 12.5. The first-order valence-electron chi connectivity index (χ1n) is 8.85. The first-order valence-corrected chi connectivity index (χ1v) is 8.85. The van der Waals surface area contributed by atoms with Crippen LogP contribution in [0.3, 0.4) is 0 Å². The van der Waals surface area contributed by atoms with E-state index in [1.165, 1.54) is 6.20 Å². The Labute approximate surface area is 148 Å². The van der Waals surface area contributed by atoms with E-state index in [1.54, 1.807) is 17.0 Å². The number of nitriles is 1. The summed E-state index contributed by atoms with van der Waals surface area (Å²) >= 11 is 0. The van der Waals surface area contributed by atoms with E-state index in [1.807, 2.05) is 18.0 Å². The molecule has 7 nitrogen and oxygen atoms in total. The second-order valence-electron chi connectivity index (χ2n) is 6.86. The molecule has 134 valence electrons. The van der Waals surface area contributed by atoms with Crippen LogP contribution in [0, 0.1) is 11.3 Å². The number of aromatic nitrogens is 1. The Kier molecular flexibility index (Phi) is 5.51. The third-order valence-corrected chi connectivity index (χ3v) is 5.22. The summed E-state index contributed by atoms with van der Waals surface area (Å²) in [4.78, 5) is 22.8. The Balaban J connectivity index is 1.49. The van der Waals surface area contributed by atoms with Gasteiger partial charge < -0.3 is 14.9 Å². The molecule has 1 aliphatic carbocycles. The molecule has 1 saturated carbocycles. The molecule has 0 spiro atoms. The van der Waals surface area contributed by atoms with Crippen LogP contribution in [-0.2, 0) is 4.79 Å². The third-order valence-electron chi connectivity index (χ3n) is 5.22. The first kappa shape index (κ1) is 17.6. The molecule has 0 aromatic carbocycles. The molecule has 7 heteroatoms. The molecule has 2 aliphatic rings. The van der Waals surface area contributed by atoms with E-state index in [9.17, 15) is 9.90 Å². The predicted molar refractivity (Wildman–Crippen MR) is 94.0 cm³/mol. The topological polar surface area (TPSA) is 83.7 Å². The van der Waals surface area contributed by atoms with Gasteiger partial charge in [0.05, 0.1) is 18.2 Å². The summed E-state index contributed by atoms with van der Waals surface area (Å²) in [6, 6.07) is 5.76. The molecule has 25 heavy (non-hydrogen) atoms. The minimum absolute atomic E-state index is 0.0836. The molecule has 2 fully saturated rings. The predicted octanol–water partition coefficient (Wildman–Crippen LogP) is 0.447. The van der Waals surface area contributed by atoms with Crippen molar-refractivity contribution >= 4 is 11.7 Å². The van der Waals surface area contributed by atoms with Crippen LogP contribution in [0.4, 0.5) is 5.82 Å². The summed E-state index contributed by atoms with van der Waals surface area (Å²) in [5.74, 6) is 0.764. The van der Waals surface area contributed by atoms with E-state index in [0.717, 1.165) is 32.4 Å². The molecule has 1 amide bonds. The second kappa shape index (κ2) is 7.81. The zero-order chi connectivity index (χ0) is 17.8. The van der Waals surface area contributed by atoms with Gasteiger partial charge in [0.15, 0.2) is 0 Å². The number of rotatable bonds is 4. The summed E-state index contributed by atoms with van der Waals surface area (Å²) in [7, 11) is 1.83. The zero-order valence-corrected chi connectivity index (χ0v) is 14.6. The number of amides is 1. The van der Waals surface area contributed by atoms with Crippen LogP contribution in [0.25, 0.3) is 0 Å². The summed E-state index contributed by atoms with van der Waals surface area (Å²) in [6.45, 7) is 3.33. The van der Waals surface area contributed by atoms with Crippen LogP contribution in [0.1, 0.15) is 24.8 Å². The molecule has 1 aromatic heterocycles.